The lowest BCUT2D eigenvalue weighted by atomic mass is 9.87. The van der Waals surface area contributed by atoms with Gasteiger partial charge in [0, 0.05) is 23.2 Å². The van der Waals surface area contributed by atoms with Gasteiger partial charge >= 0.3 is 0 Å². The number of carbonyl (C=O) groups excluding carboxylic acids is 1. The number of carbonyl (C=O) groups is 1. The van der Waals surface area contributed by atoms with Gasteiger partial charge in [-0.05, 0) is 42.8 Å². The lowest BCUT2D eigenvalue weighted by Crippen LogP contribution is -3.00. The maximum Gasteiger partial charge on any atom is 0.258 e. The van der Waals surface area contributed by atoms with E-state index in [2.05, 4.69) is 62.5 Å². The summed E-state index contributed by atoms with van der Waals surface area (Å²) in [6, 6.07) is 23.2. The fourth-order valence-electron chi connectivity index (χ4n) is 5.48. The van der Waals surface area contributed by atoms with E-state index >= 15 is 0 Å². The van der Waals surface area contributed by atoms with Gasteiger partial charge in [-0.3, -0.25) is 4.79 Å². The first-order valence-corrected chi connectivity index (χ1v) is 11.0. The van der Waals surface area contributed by atoms with Gasteiger partial charge in [-0.25, -0.2) is 4.39 Å². The second kappa shape index (κ2) is 8.68. The predicted molar refractivity (Wildman–Crippen MR) is 122 cm³/mol. The molecule has 2 aliphatic heterocycles. The maximum atomic E-state index is 13.5. The molecule has 2 heterocycles. The summed E-state index contributed by atoms with van der Waals surface area (Å²) in [6.07, 6.45) is 0.953. The molecule has 32 heavy (non-hydrogen) atoms. The van der Waals surface area contributed by atoms with Crippen molar-refractivity contribution < 1.29 is 26.1 Å². The molecule has 5 heteroatoms. The van der Waals surface area contributed by atoms with Crippen LogP contribution in [-0.2, 0) is 6.54 Å². The van der Waals surface area contributed by atoms with Gasteiger partial charge in [0.1, 0.15) is 12.4 Å². The number of benzene rings is 3. The molecule has 0 N–H and O–H groups in total. The number of fused-ring (bicyclic) bond motifs is 3. The van der Waals surface area contributed by atoms with Gasteiger partial charge in [-0.2, -0.15) is 0 Å². The van der Waals surface area contributed by atoms with E-state index in [4.69, 9.17) is 0 Å². The Hall–Kier alpha value is -2.69. The number of rotatable bonds is 3. The molecule has 3 atom stereocenters. The minimum atomic E-state index is -0.321. The molecule has 3 nitrogen and oxygen atoms in total. The maximum absolute atomic E-state index is 13.5. The molecule has 5 rings (SSSR count). The van der Waals surface area contributed by atoms with Crippen molar-refractivity contribution in [3.63, 3.8) is 0 Å². The van der Waals surface area contributed by atoms with Crippen LogP contribution in [0.5, 0.6) is 0 Å². The van der Waals surface area contributed by atoms with Crippen LogP contribution in [-0.4, -0.2) is 36.6 Å². The highest BCUT2D eigenvalue weighted by Gasteiger charge is 2.49. The Morgan fingerprint density at radius 3 is 2.50 bits per heavy atom. The van der Waals surface area contributed by atoms with E-state index in [1.165, 1.54) is 28.8 Å². The molecule has 0 bridgehead atoms. The van der Waals surface area contributed by atoms with Crippen LogP contribution in [0.2, 0.25) is 0 Å². The zero-order chi connectivity index (χ0) is 21.6. The number of anilines is 1. The molecule has 3 aromatic carbocycles. The number of hydrogen-bond donors (Lipinski definition) is 0. The van der Waals surface area contributed by atoms with Crippen LogP contribution >= 0.6 is 0 Å². The SMILES string of the molecule is Cc1ccc2c(c1)C1C[N+](C)(Cc3ccccc3)CCC1N2C(=O)c1ccc(F)cc1.[Cl-]. The van der Waals surface area contributed by atoms with Crippen LogP contribution in [0.3, 0.4) is 0 Å². The van der Waals surface area contributed by atoms with Gasteiger partial charge in [0.15, 0.2) is 0 Å². The molecule has 3 aromatic rings. The van der Waals surface area contributed by atoms with Crippen LogP contribution in [0.4, 0.5) is 10.1 Å². The fraction of sp³-hybridized carbons (Fsp3) is 0.296. The summed E-state index contributed by atoms with van der Waals surface area (Å²) in [5.74, 6) is -0.0444. The molecule has 0 aliphatic carbocycles. The molecule has 0 aromatic heterocycles. The molecule has 1 fully saturated rings. The van der Waals surface area contributed by atoms with Crippen LogP contribution in [0.25, 0.3) is 0 Å². The molecule has 0 saturated carbocycles. The van der Waals surface area contributed by atoms with Crippen LogP contribution < -0.4 is 17.3 Å². The zero-order valence-corrected chi connectivity index (χ0v) is 19.2. The van der Waals surface area contributed by atoms with Gasteiger partial charge in [0.05, 0.1) is 32.1 Å². The van der Waals surface area contributed by atoms with Gasteiger partial charge in [-0.1, -0.05) is 48.0 Å². The van der Waals surface area contributed by atoms with Gasteiger partial charge in [0.2, 0.25) is 0 Å². The first kappa shape index (κ1) is 22.5. The molecule has 1 saturated heterocycles. The number of amides is 1. The standard InChI is InChI=1S/C27H28FN2O.ClH/c1-19-8-13-25-23(16-19)24-18-30(2,17-20-6-4-3-5-7-20)15-14-26(24)29(25)27(31)21-9-11-22(28)12-10-21;/h3-13,16,24,26H,14-15,17-18H2,1-2H3;1H/q+1;/p-1. The number of aryl methyl sites for hydroxylation is 1. The molecular formula is C27H28ClFN2O. The third-order valence-electron chi connectivity index (χ3n) is 6.96. The van der Waals surface area contributed by atoms with Crippen molar-refractivity contribution in [1.82, 2.24) is 0 Å². The average molecular weight is 451 g/mol. The van der Waals surface area contributed by atoms with E-state index in [1.807, 2.05) is 4.90 Å². The molecule has 0 spiro atoms. The van der Waals surface area contributed by atoms with E-state index in [0.717, 1.165) is 36.2 Å². The van der Waals surface area contributed by atoms with Gasteiger partial charge < -0.3 is 21.8 Å². The highest BCUT2D eigenvalue weighted by molar-refractivity contribution is 6.08. The molecule has 3 unspecified atom stereocenters. The predicted octanol–water partition coefficient (Wildman–Crippen LogP) is 2.30. The van der Waals surface area contributed by atoms with E-state index in [0.29, 0.717) is 11.5 Å². The van der Waals surface area contributed by atoms with Gasteiger partial charge in [-0.15, -0.1) is 0 Å². The minimum Gasteiger partial charge on any atom is -1.00 e. The fourth-order valence-corrected chi connectivity index (χ4v) is 5.48. The monoisotopic (exact) mass is 450 g/mol. The molecule has 1 amide bonds. The minimum absolute atomic E-state index is 0. The van der Waals surface area contributed by atoms with Crippen LogP contribution in [0.1, 0.15) is 39.4 Å². The van der Waals surface area contributed by atoms with Gasteiger partial charge in [0.25, 0.3) is 5.91 Å². The van der Waals surface area contributed by atoms with Crippen molar-refractivity contribution in [3.8, 4) is 0 Å². The van der Waals surface area contributed by atoms with Crippen LogP contribution in [0, 0.1) is 12.7 Å². The Balaban J connectivity index is 0.00000245. The Morgan fingerprint density at radius 2 is 1.78 bits per heavy atom. The summed E-state index contributed by atoms with van der Waals surface area (Å²) < 4.78 is 14.4. The quantitative estimate of drug-likeness (QED) is 0.561. The number of likely N-dealkylation sites (N-methyl/N-ethyl adjacent to an activating group) is 1. The largest absolute Gasteiger partial charge is 1.00 e. The van der Waals surface area contributed by atoms with E-state index in [1.54, 1.807) is 12.1 Å². The Labute approximate surface area is 195 Å². The number of quaternary nitrogens is 1. The topological polar surface area (TPSA) is 20.3 Å². The first-order chi connectivity index (χ1) is 14.9. The lowest BCUT2D eigenvalue weighted by molar-refractivity contribution is -0.928. The van der Waals surface area contributed by atoms with Crippen molar-refractivity contribution in [3.05, 3.63) is 101 Å². The smallest absolute Gasteiger partial charge is 0.258 e. The van der Waals surface area contributed by atoms with E-state index < -0.39 is 0 Å². The first-order valence-electron chi connectivity index (χ1n) is 11.0. The summed E-state index contributed by atoms with van der Waals surface area (Å²) in [6.45, 7) is 5.14. The third-order valence-corrected chi connectivity index (χ3v) is 6.96. The molecular weight excluding hydrogens is 423 g/mol. The molecule has 166 valence electrons. The van der Waals surface area contributed by atoms with Crippen molar-refractivity contribution in [2.24, 2.45) is 0 Å². The number of halogens is 2. The van der Waals surface area contributed by atoms with Crippen molar-refractivity contribution >= 4 is 11.6 Å². The zero-order valence-electron chi connectivity index (χ0n) is 18.5. The Bertz CT molecular complexity index is 1120. The lowest BCUT2D eigenvalue weighted by Gasteiger charge is -2.44. The van der Waals surface area contributed by atoms with E-state index in [9.17, 15) is 9.18 Å². The van der Waals surface area contributed by atoms with Crippen molar-refractivity contribution in [2.45, 2.75) is 31.8 Å². The normalized spacial score (nSPS) is 23.8. The summed E-state index contributed by atoms with van der Waals surface area (Å²) >= 11 is 0. The summed E-state index contributed by atoms with van der Waals surface area (Å²) in [5.41, 5.74) is 5.41. The Morgan fingerprint density at radius 1 is 1.06 bits per heavy atom. The number of nitrogens with zero attached hydrogens (tertiary/aromatic N) is 2. The van der Waals surface area contributed by atoms with Crippen molar-refractivity contribution in [2.75, 3.05) is 25.0 Å². The molecule has 0 radical (unpaired) electrons. The molecule has 2 aliphatic rings. The third kappa shape index (κ3) is 4.05. The van der Waals surface area contributed by atoms with Crippen molar-refractivity contribution in [1.29, 1.82) is 0 Å². The second-order valence-electron chi connectivity index (χ2n) is 9.38. The average Bonchev–Trinajstić information content (AvgIpc) is 3.06. The summed E-state index contributed by atoms with van der Waals surface area (Å²) in [4.78, 5) is 15.5. The highest BCUT2D eigenvalue weighted by Crippen LogP contribution is 2.47. The highest BCUT2D eigenvalue weighted by atomic mass is 35.5. The summed E-state index contributed by atoms with van der Waals surface area (Å²) in [7, 11) is 2.34. The summed E-state index contributed by atoms with van der Waals surface area (Å²) in [5, 5.41) is 0. The number of piperidine rings is 1. The second-order valence-corrected chi connectivity index (χ2v) is 9.38. The Kier molecular flexibility index (Phi) is 6.11. The van der Waals surface area contributed by atoms with Crippen LogP contribution in [0.15, 0.2) is 72.8 Å². The number of hydrogen-bond acceptors (Lipinski definition) is 1. The number of likely N-dealkylation sites (tertiary alicyclic amines) is 1. The van der Waals surface area contributed by atoms with E-state index in [-0.39, 0.29) is 30.2 Å².